The molecule has 0 atom stereocenters. The number of nitro benzene ring substituents is 1. The van der Waals surface area contributed by atoms with Gasteiger partial charge in [0.2, 0.25) is 0 Å². The van der Waals surface area contributed by atoms with Crippen LogP contribution in [-0.4, -0.2) is 21.0 Å². The van der Waals surface area contributed by atoms with Crippen LogP contribution >= 0.6 is 0 Å². The minimum Gasteiger partial charge on any atom is -0.385 e. The fourth-order valence-corrected chi connectivity index (χ4v) is 1.61. The zero-order chi connectivity index (χ0) is 12.8. The molecule has 0 saturated carbocycles. The Morgan fingerprint density at radius 3 is 2.72 bits per heavy atom. The summed E-state index contributed by atoms with van der Waals surface area (Å²) in [6.45, 7) is 1.72. The molecule has 0 radical (unpaired) electrons. The van der Waals surface area contributed by atoms with E-state index in [2.05, 4.69) is 10.3 Å². The zero-order valence-corrected chi connectivity index (χ0v) is 9.82. The van der Waals surface area contributed by atoms with E-state index in [0.717, 1.165) is 25.2 Å². The highest BCUT2D eigenvalue weighted by Gasteiger charge is 2.03. The molecule has 0 spiro atoms. The van der Waals surface area contributed by atoms with Crippen LogP contribution in [0.2, 0.25) is 0 Å². The second kappa shape index (κ2) is 5.81. The van der Waals surface area contributed by atoms with Crippen LogP contribution in [0.4, 0.5) is 11.4 Å². The van der Waals surface area contributed by atoms with E-state index in [1.807, 2.05) is 10.8 Å². The van der Waals surface area contributed by atoms with Gasteiger partial charge in [-0.25, -0.2) is 4.98 Å². The van der Waals surface area contributed by atoms with E-state index in [-0.39, 0.29) is 5.69 Å². The number of nitrogens with one attached hydrogen (secondary N) is 1. The summed E-state index contributed by atoms with van der Waals surface area (Å²) < 4.78 is 2.01. The molecule has 1 aromatic heterocycles. The molecule has 1 heterocycles. The van der Waals surface area contributed by atoms with E-state index in [9.17, 15) is 10.1 Å². The highest BCUT2D eigenvalue weighted by Crippen LogP contribution is 2.15. The molecule has 6 heteroatoms. The number of nitro groups is 1. The molecule has 0 amide bonds. The Bertz CT molecular complexity index is 493. The standard InChI is InChI=1S/C12H14N4O2/c17-16(18)12-4-2-11(3-5-12)14-6-1-8-15-9-7-13-10-15/h2-5,7,9-10,14H,1,6,8H2. The van der Waals surface area contributed by atoms with Crippen LogP contribution in [0.3, 0.4) is 0 Å². The second-order valence-corrected chi connectivity index (χ2v) is 3.88. The fourth-order valence-electron chi connectivity index (χ4n) is 1.61. The van der Waals surface area contributed by atoms with Crippen molar-refractivity contribution in [1.29, 1.82) is 0 Å². The van der Waals surface area contributed by atoms with Crippen molar-refractivity contribution in [2.45, 2.75) is 13.0 Å². The fraction of sp³-hybridized carbons (Fsp3) is 0.250. The molecule has 0 aliphatic carbocycles. The molecular formula is C12H14N4O2. The van der Waals surface area contributed by atoms with Crippen molar-refractivity contribution in [3.8, 4) is 0 Å². The van der Waals surface area contributed by atoms with E-state index >= 15 is 0 Å². The normalized spacial score (nSPS) is 10.2. The van der Waals surface area contributed by atoms with Crippen molar-refractivity contribution in [1.82, 2.24) is 9.55 Å². The molecule has 2 rings (SSSR count). The molecule has 0 aliphatic rings. The first-order valence-electron chi connectivity index (χ1n) is 5.70. The number of hydrogen-bond acceptors (Lipinski definition) is 4. The van der Waals surface area contributed by atoms with Gasteiger partial charge >= 0.3 is 0 Å². The maximum atomic E-state index is 10.5. The predicted molar refractivity (Wildman–Crippen MR) is 68.4 cm³/mol. The van der Waals surface area contributed by atoms with Crippen LogP contribution in [0.1, 0.15) is 6.42 Å². The van der Waals surface area contributed by atoms with Gasteiger partial charge in [-0.1, -0.05) is 0 Å². The summed E-state index contributed by atoms with van der Waals surface area (Å²) in [5, 5.41) is 13.7. The van der Waals surface area contributed by atoms with Gasteiger partial charge < -0.3 is 9.88 Å². The van der Waals surface area contributed by atoms with Gasteiger partial charge in [-0.15, -0.1) is 0 Å². The Morgan fingerprint density at radius 2 is 2.11 bits per heavy atom. The SMILES string of the molecule is O=[N+]([O-])c1ccc(NCCCn2ccnc2)cc1. The van der Waals surface area contributed by atoms with Gasteiger partial charge in [0.25, 0.3) is 5.69 Å². The summed E-state index contributed by atoms with van der Waals surface area (Å²) in [7, 11) is 0. The Kier molecular flexibility index (Phi) is 3.90. The van der Waals surface area contributed by atoms with Crippen LogP contribution in [0.25, 0.3) is 0 Å². The lowest BCUT2D eigenvalue weighted by Crippen LogP contribution is -2.05. The minimum absolute atomic E-state index is 0.110. The van der Waals surface area contributed by atoms with E-state index < -0.39 is 4.92 Å². The lowest BCUT2D eigenvalue weighted by Gasteiger charge is -2.06. The number of hydrogen-bond donors (Lipinski definition) is 1. The van der Waals surface area contributed by atoms with Crippen LogP contribution in [-0.2, 0) is 6.54 Å². The van der Waals surface area contributed by atoms with Gasteiger partial charge in [0.15, 0.2) is 0 Å². The highest BCUT2D eigenvalue weighted by molar-refractivity contribution is 5.48. The van der Waals surface area contributed by atoms with Crippen molar-refractivity contribution >= 4 is 11.4 Å². The molecule has 0 fully saturated rings. The summed E-state index contributed by atoms with van der Waals surface area (Å²) in [6.07, 6.45) is 6.43. The quantitative estimate of drug-likeness (QED) is 0.482. The van der Waals surface area contributed by atoms with Gasteiger partial charge in [0.1, 0.15) is 0 Å². The van der Waals surface area contributed by atoms with E-state index in [0.29, 0.717) is 0 Å². The summed E-state index contributed by atoms with van der Waals surface area (Å²) in [4.78, 5) is 14.0. The smallest absolute Gasteiger partial charge is 0.269 e. The molecule has 2 aromatic rings. The molecular weight excluding hydrogens is 232 g/mol. The Balaban J connectivity index is 1.75. The monoisotopic (exact) mass is 246 g/mol. The summed E-state index contributed by atoms with van der Waals surface area (Å²) in [5.41, 5.74) is 1.00. The molecule has 0 saturated heterocycles. The number of non-ortho nitro benzene ring substituents is 1. The first kappa shape index (κ1) is 12.1. The number of aromatic nitrogens is 2. The number of aryl methyl sites for hydroxylation is 1. The third-order valence-electron chi connectivity index (χ3n) is 2.56. The van der Waals surface area contributed by atoms with Gasteiger partial charge in [0.05, 0.1) is 11.3 Å². The highest BCUT2D eigenvalue weighted by atomic mass is 16.6. The molecule has 0 bridgehead atoms. The Hall–Kier alpha value is -2.37. The Morgan fingerprint density at radius 1 is 1.33 bits per heavy atom. The van der Waals surface area contributed by atoms with Crippen molar-refractivity contribution < 1.29 is 4.92 Å². The van der Waals surface area contributed by atoms with E-state index in [1.165, 1.54) is 12.1 Å². The average Bonchev–Trinajstić information content (AvgIpc) is 2.88. The van der Waals surface area contributed by atoms with Gasteiger partial charge in [-0.2, -0.15) is 0 Å². The minimum atomic E-state index is -0.400. The van der Waals surface area contributed by atoms with Crippen LogP contribution in [0.5, 0.6) is 0 Å². The lowest BCUT2D eigenvalue weighted by atomic mass is 10.3. The summed E-state index contributed by atoms with van der Waals surface area (Å²) >= 11 is 0. The van der Waals surface area contributed by atoms with Crippen molar-refractivity contribution in [3.05, 3.63) is 53.1 Å². The third-order valence-corrected chi connectivity index (χ3v) is 2.56. The summed E-state index contributed by atoms with van der Waals surface area (Å²) in [5.74, 6) is 0. The molecule has 1 aromatic carbocycles. The topological polar surface area (TPSA) is 73.0 Å². The number of rotatable bonds is 6. The molecule has 18 heavy (non-hydrogen) atoms. The van der Waals surface area contributed by atoms with E-state index in [1.54, 1.807) is 24.7 Å². The maximum Gasteiger partial charge on any atom is 0.269 e. The zero-order valence-electron chi connectivity index (χ0n) is 9.82. The Labute approximate surface area is 104 Å². The predicted octanol–water partition coefficient (Wildman–Crippen LogP) is 2.29. The number of benzene rings is 1. The van der Waals surface area contributed by atoms with Crippen molar-refractivity contribution in [3.63, 3.8) is 0 Å². The molecule has 1 N–H and O–H groups in total. The summed E-state index contributed by atoms with van der Waals surface area (Å²) in [6, 6.07) is 6.43. The molecule has 0 aliphatic heterocycles. The maximum absolute atomic E-state index is 10.5. The largest absolute Gasteiger partial charge is 0.385 e. The third kappa shape index (κ3) is 3.31. The number of imidazole rings is 1. The van der Waals surface area contributed by atoms with Gasteiger partial charge in [-0.05, 0) is 18.6 Å². The molecule has 0 unspecified atom stereocenters. The van der Waals surface area contributed by atoms with Crippen LogP contribution in [0, 0.1) is 10.1 Å². The lowest BCUT2D eigenvalue weighted by molar-refractivity contribution is -0.384. The van der Waals surface area contributed by atoms with Gasteiger partial charge in [-0.3, -0.25) is 10.1 Å². The van der Waals surface area contributed by atoms with Crippen molar-refractivity contribution in [2.75, 3.05) is 11.9 Å². The number of nitrogens with zero attached hydrogens (tertiary/aromatic N) is 3. The van der Waals surface area contributed by atoms with Crippen LogP contribution < -0.4 is 5.32 Å². The average molecular weight is 246 g/mol. The first-order valence-corrected chi connectivity index (χ1v) is 5.70. The van der Waals surface area contributed by atoms with Crippen molar-refractivity contribution in [2.24, 2.45) is 0 Å². The second-order valence-electron chi connectivity index (χ2n) is 3.88. The van der Waals surface area contributed by atoms with Gasteiger partial charge in [0, 0.05) is 43.3 Å². The molecule has 94 valence electrons. The number of anilines is 1. The van der Waals surface area contributed by atoms with E-state index in [4.69, 9.17) is 0 Å². The van der Waals surface area contributed by atoms with Crippen LogP contribution in [0.15, 0.2) is 43.0 Å². The molecule has 6 nitrogen and oxygen atoms in total. The first-order chi connectivity index (χ1) is 8.75.